The summed E-state index contributed by atoms with van der Waals surface area (Å²) >= 11 is 5.65. The number of aryl methyl sites for hydroxylation is 1. The molecule has 1 aromatic rings. The Morgan fingerprint density at radius 2 is 2.14 bits per heavy atom. The van der Waals surface area contributed by atoms with Crippen LogP contribution in [0.1, 0.15) is 11.1 Å². The van der Waals surface area contributed by atoms with E-state index in [1.165, 1.54) is 12.1 Å². The number of hydrogen-bond donors (Lipinski definition) is 0. The lowest BCUT2D eigenvalue weighted by Gasteiger charge is -2.08. The highest BCUT2D eigenvalue weighted by atomic mass is 35.5. The third kappa shape index (κ3) is 2.33. The summed E-state index contributed by atoms with van der Waals surface area (Å²) in [5.74, 6) is -0.269. The van der Waals surface area contributed by atoms with Crippen molar-refractivity contribution in [2.75, 3.05) is 0 Å². The lowest BCUT2D eigenvalue weighted by molar-refractivity contribution is -0.0499. The molecule has 0 amide bonds. The van der Waals surface area contributed by atoms with Gasteiger partial charge in [0, 0.05) is 0 Å². The van der Waals surface area contributed by atoms with Crippen LogP contribution in [0.2, 0.25) is 5.02 Å². The van der Waals surface area contributed by atoms with Crippen LogP contribution in [0.4, 0.5) is 8.78 Å². The van der Waals surface area contributed by atoms with E-state index in [0.717, 1.165) is 0 Å². The van der Waals surface area contributed by atoms with Crippen molar-refractivity contribution < 1.29 is 13.5 Å². The molecule has 0 aromatic heterocycles. The molecule has 0 aliphatic heterocycles. The molecule has 0 bridgehead atoms. The highest BCUT2D eigenvalue weighted by Crippen LogP contribution is 2.30. The van der Waals surface area contributed by atoms with Gasteiger partial charge in [-0.25, -0.2) is 0 Å². The van der Waals surface area contributed by atoms with Crippen LogP contribution < -0.4 is 4.74 Å². The molecule has 0 atom stereocenters. The fourth-order valence-electron chi connectivity index (χ4n) is 1.02. The van der Waals surface area contributed by atoms with E-state index in [9.17, 15) is 8.78 Å². The normalized spacial score (nSPS) is 10.0. The maximum absolute atomic E-state index is 11.9. The maximum Gasteiger partial charge on any atom is 0.387 e. The van der Waals surface area contributed by atoms with E-state index in [0.29, 0.717) is 5.56 Å². The van der Waals surface area contributed by atoms with Gasteiger partial charge in [-0.2, -0.15) is 14.0 Å². The molecule has 0 radical (unpaired) electrons. The van der Waals surface area contributed by atoms with Crippen molar-refractivity contribution in [3.8, 4) is 11.8 Å². The number of alkyl halides is 2. The molecule has 0 saturated carbocycles. The molecule has 5 heteroatoms. The zero-order valence-electron chi connectivity index (χ0n) is 7.22. The summed E-state index contributed by atoms with van der Waals surface area (Å²) in [5, 5.41) is 8.66. The quantitative estimate of drug-likeness (QED) is 0.763. The Hall–Kier alpha value is -1.34. The van der Waals surface area contributed by atoms with E-state index in [1.807, 2.05) is 0 Å². The zero-order chi connectivity index (χ0) is 10.7. The molecule has 2 nitrogen and oxygen atoms in total. The second-order valence-electron chi connectivity index (χ2n) is 2.61. The molecular formula is C9H6ClF2NO. The lowest BCUT2D eigenvalue weighted by Crippen LogP contribution is -2.04. The molecule has 0 N–H and O–H groups in total. The smallest absolute Gasteiger partial charge is 0.387 e. The standard InChI is InChI=1S/C9H6ClF2NO/c1-5-2-6(4-13)8(7(10)3-5)14-9(11)12/h2-3,9H,1H3. The minimum Gasteiger partial charge on any atom is -0.432 e. The molecule has 14 heavy (non-hydrogen) atoms. The summed E-state index contributed by atoms with van der Waals surface area (Å²) in [6.45, 7) is -1.28. The third-order valence-electron chi connectivity index (χ3n) is 1.52. The Balaban J connectivity index is 3.20. The molecule has 0 spiro atoms. The molecule has 0 aliphatic carbocycles. The van der Waals surface area contributed by atoms with Gasteiger partial charge < -0.3 is 4.74 Å². The third-order valence-corrected chi connectivity index (χ3v) is 1.80. The van der Waals surface area contributed by atoms with Gasteiger partial charge in [0.15, 0.2) is 5.75 Å². The summed E-state index contributed by atoms with van der Waals surface area (Å²) in [4.78, 5) is 0. The topological polar surface area (TPSA) is 33.0 Å². The predicted octanol–water partition coefficient (Wildman–Crippen LogP) is 3.12. The first-order chi connectivity index (χ1) is 6.54. The van der Waals surface area contributed by atoms with Crippen molar-refractivity contribution in [1.29, 1.82) is 5.26 Å². The molecule has 0 fully saturated rings. The van der Waals surface area contributed by atoms with Gasteiger partial charge in [0.1, 0.15) is 6.07 Å². The van der Waals surface area contributed by atoms with E-state index in [1.54, 1.807) is 13.0 Å². The van der Waals surface area contributed by atoms with Crippen molar-refractivity contribution in [1.82, 2.24) is 0 Å². The number of halogens is 3. The number of ether oxygens (including phenoxy) is 1. The summed E-state index contributed by atoms with van der Waals surface area (Å²) < 4.78 is 28.0. The van der Waals surface area contributed by atoms with Gasteiger partial charge in [0.25, 0.3) is 0 Å². The number of nitrogens with zero attached hydrogens (tertiary/aromatic N) is 1. The van der Waals surface area contributed by atoms with E-state index in [4.69, 9.17) is 16.9 Å². The Bertz CT molecular complexity index is 387. The average Bonchev–Trinajstić information content (AvgIpc) is 2.08. The second-order valence-corrected chi connectivity index (χ2v) is 3.02. The molecule has 1 rings (SSSR count). The minimum absolute atomic E-state index is 0.00954. The van der Waals surface area contributed by atoms with Gasteiger partial charge in [0.05, 0.1) is 10.6 Å². The van der Waals surface area contributed by atoms with Gasteiger partial charge in [0.2, 0.25) is 0 Å². The Labute approximate surface area is 84.7 Å². The van der Waals surface area contributed by atoms with Gasteiger partial charge in [-0.1, -0.05) is 11.6 Å². The second kappa shape index (κ2) is 4.25. The van der Waals surface area contributed by atoms with Crippen LogP contribution >= 0.6 is 11.6 Å². The maximum atomic E-state index is 11.9. The van der Waals surface area contributed by atoms with Crippen LogP contribution in [0.25, 0.3) is 0 Å². The molecule has 1 aromatic carbocycles. The fraction of sp³-hybridized carbons (Fsp3) is 0.222. The molecule has 0 heterocycles. The number of hydrogen-bond acceptors (Lipinski definition) is 2. The van der Waals surface area contributed by atoms with Crippen molar-refractivity contribution >= 4 is 11.6 Å². The Morgan fingerprint density at radius 1 is 1.50 bits per heavy atom. The predicted molar refractivity (Wildman–Crippen MR) is 47.5 cm³/mol. The molecule has 74 valence electrons. The van der Waals surface area contributed by atoms with Crippen LogP contribution in [0.3, 0.4) is 0 Å². The van der Waals surface area contributed by atoms with Crippen molar-refractivity contribution in [3.05, 3.63) is 28.3 Å². The fourth-order valence-corrected chi connectivity index (χ4v) is 1.34. The van der Waals surface area contributed by atoms with Crippen LogP contribution in [0.5, 0.6) is 5.75 Å². The Morgan fingerprint density at radius 3 is 2.64 bits per heavy atom. The van der Waals surface area contributed by atoms with E-state index >= 15 is 0 Å². The largest absolute Gasteiger partial charge is 0.432 e. The molecule has 0 saturated heterocycles. The van der Waals surface area contributed by atoms with Crippen LogP contribution in [-0.4, -0.2) is 6.61 Å². The van der Waals surface area contributed by atoms with Crippen LogP contribution in [0.15, 0.2) is 12.1 Å². The van der Waals surface area contributed by atoms with E-state index < -0.39 is 6.61 Å². The summed E-state index contributed by atoms with van der Waals surface area (Å²) in [7, 11) is 0. The van der Waals surface area contributed by atoms with Crippen molar-refractivity contribution in [2.45, 2.75) is 13.5 Å². The first-order valence-corrected chi connectivity index (χ1v) is 4.07. The van der Waals surface area contributed by atoms with Gasteiger partial charge in [-0.15, -0.1) is 0 Å². The SMILES string of the molecule is Cc1cc(Cl)c(OC(F)F)c(C#N)c1. The van der Waals surface area contributed by atoms with Crippen molar-refractivity contribution in [2.24, 2.45) is 0 Å². The lowest BCUT2D eigenvalue weighted by atomic mass is 10.1. The number of nitriles is 1. The van der Waals surface area contributed by atoms with Gasteiger partial charge in [-0.3, -0.25) is 0 Å². The molecule has 0 aliphatic rings. The molecule has 0 unspecified atom stereocenters. The highest BCUT2D eigenvalue weighted by Gasteiger charge is 2.14. The van der Waals surface area contributed by atoms with Crippen LogP contribution in [-0.2, 0) is 0 Å². The first kappa shape index (κ1) is 10.7. The highest BCUT2D eigenvalue weighted by molar-refractivity contribution is 6.32. The van der Waals surface area contributed by atoms with Crippen molar-refractivity contribution in [3.63, 3.8) is 0 Å². The minimum atomic E-state index is -2.98. The van der Waals surface area contributed by atoms with E-state index in [2.05, 4.69) is 4.74 Å². The summed E-state index contributed by atoms with van der Waals surface area (Å²) in [6, 6.07) is 4.63. The van der Waals surface area contributed by atoms with Crippen LogP contribution in [0, 0.1) is 18.3 Å². The van der Waals surface area contributed by atoms with Gasteiger partial charge in [-0.05, 0) is 24.6 Å². The monoisotopic (exact) mass is 217 g/mol. The average molecular weight is 218 g/mol. The number of rotatable bonds is 2. The first-order valence-electron chi connectivity index (χ1n) is 3.69. The van der Waals surface area contributed by atoms with Gasteiger partial charge >= 0.3 is 6.61 Å². The zero-order valence-corrected chi connectivity index (χ0v) is 7.98. The molecular weight excluding hydrogens is 212 g/mol. The number of benzene rings is 1. The summed E-state index contributed by atoms with van der Waals surface area (Å²) in [5.41, 5.74) is 0.725. The Kier molecular flexibility index (Phi) is 3.26. The van der Waals surface area contributed by atoms with E-state index in [-0.39, 0.29) is 16.3 Å². The summed E-state index contributed by atoms with van der Waals surface area (Å²) in [6.07, 6.45) is 0.